The van der Waals surface area contributed by atoms with Crippen LogP contribution in [0.2, 0.25) is 0 Å². The lowest BCUT2D eigenvalue weighted by atomic mass is 10.1. The molecule has 2 N–H and O–H groups in total. The van der Waals surface area contributed by atoms with Gasteiger partial charge in [-0.05, 0) is 32.0 Å². The minimum Gasteiger partial charge on any atom is -0.486 e. The maximum absolute atomic E-state index is 12.7. The number of aromatic nitrogens is 3. The number of para-hydroxylation sites is 2. The number of nitrogen functional groups attached to an aromatic ring is 1. The molecule has 1 aliphatic heterocycles. The Hall–Kier alpha value is -3.88. The van der Waals surface area contributed by atoms with Gasteiger partial charge in [0, 0.05) is 29.3 Å². The van der Waals surface area contributed by atoms with Gasteiger partial charge in [0.25, 0.3) is 0 Å². The van der Waals surface area contributed by atoms with Crippen molar-refractivity contribution in [2.75, 3.05) is 18.9 Å². The molecule has 3 aromatic rings. The molecule has 9 heteroatoms. The van der Waals surface area contributed by atoms with Crippen molar-refractivity contribution < 1.29 is 23.8 Å². The lowest BCUT2D eigenvalue weighted by Gasteiger charge is -2.27. The quantitative estimate of drug-likeness (QED) is 0.475. The largest absolute Gasteiger partial charge is 0.486 e. The van der Waals surface area contributed by atoms with Crippen LogP contribution >= 0.6 is 0 Å². The van der Waals surface area contributed by atoms with Gasteiger partial charge < -0.3 is 24.5 Å². The molecule has 0 fully saturated rings. The molecule has 3 heterocycles. The zero-order chi connectivity index (χ0) is 22.0. The number of rotatable bonds is 6. The first-order valence-corrected chi connectivity index (χ1v) is 9.76. The zero-order valence-corrected chi connectivity index (χ0v) is 17.2. The number of esters is 1. The predicted octanol–water partition coefficient (Wildman–Crippen LogP) is 2.36. The van der Waals surface area contributed by atoms with Crippen molar-refractivity contribution in [2.24, 2.45) is 0 Å². The second-order valence-corrected chi connectivity index (χ2v) is 7.18. The minimum absolute atomic E-state index is 0.0469. The van der Waals surface area contributed by atoms with Crippen LogP contribution < -0.4 is 15.2 Å². The first kappa shape index (κ1) is 20.4. The monoisotopic (exact) mass is 422 g/mol. The standard InChI is InChI=1S/C22H22N4O5/c1-13-9-16(17(27)12-30-22(28)20-21(23)25-8-7-24-20)14(2)26(13)10-15-11-29-18-5-3-4-6-19(18)31-15/h3-9,15H,10-12H2,1-2H3,(H2,23,25)/t15-/m1/s1. The van der Waals surface area contributed by atoms with Gasteiger partial charge in [-0.15, -0.1) is 0 Å². The van der Waals surface area contributed by atoms with Crippen LogP contribution in [0.3, 0.4) is 0 Å². The van der Waals surface area contributed by atoms with Crippen LogP contribution in [0.15, 0.2) is 42.7 Å². The summed E-state index contributed by atoms with van der Waals surface area (Å²) in [5.41, 5.74) is 7.65. The third kappa shape index (κ3) is 4.20. The average Bonchev–Trinajstić information content (AvgIpc) is 3.06. The molecule has 0 unspecified atom stereocenters. The fraction of sp³-hybridized carbons (Fsp3) is 0.273. The Morgan fingerprint density at radius 2 is 1.94 bits per heavy atom. The summed E-state index contributed by atoms with van der Waals surface area (Å²) in [5, 5.41) is 0. The van der Waals surface area contributed by atoms with E-state index in [0.717, 1.165) is 17.1 Å². The molecular formula is C22H22N4O5. The summed E-state index contributed by atoms with van der Waals surface area (Å²) in [7, 11) is 0. The van der Waals surface area contributed by atoms with Gasteiger partial charge in [0.1, 0.15) is 6.61 Å². The molecule has 4 rings (SSSR count). The first-order chi connectivity index (χ1) is 14.9. The molecule has 1 atom stereocenters. The van der Waals surface area contributed by atoms with Crippen LogP contribution in [0.5, 0.6) is 11.5 Å². The molecule has 0 radical (unpaired) electrons. The minimum atomic E-state index is -0.792. The smallest absolute Gasteiger partial charge is 0.361 e. The molecule has 1 aromatic carbocycles. The van der Waals surface area contributed by atoms with Crippen LogP contribution in [0.25, 0.3) is 0 Å². The number of carbonyl (C=O) groups is 2. The maximum atomic E-state index is 12.7. The third-order valence-electron chi connectivity index (χ3n) is 5.08. The highest BCUT2D eigenvalue weighted by Gasteiger charge is 2.24. The fourth-order valence-electron chi connectivity index (χ4n) is 3.50. The molecule has 2 aromatic heterocycles. The normalized spacial score (nSPS) is 14.8. The molecule has 1 aliphatic rings. The predicted molar refractivity (Wildman–Crippen MR) is 111 cm³/mol. The number of carbonyl (C=O) groups excluding carboxylic acids is 2. The van der Waals surface area contributed by atoms with Crippen LogP contribution in [-0.2, 0) is 11.3 Å². The number of ether oxygens (including phenoxy) is 3. The Labute approximate surface area is 178 Å². The van der Waals surface area contributed by atoms with Crippen molar-refractivity contribution in [1.29, 1.82) is 0 Å². The van der Waals surface area contributed by atoms with Crippen molar-refractivity contribution in [3.63, 3.8) is 0 Å². The van der Waals surface area contributed by atoms with E-state index >= 15 is 0 Å². The lowest BCUT2D eigenvalue weighted by Crippen LogP contribution is -2.33. The highest BCUT2D eigenvalue weighted by molar-refractivity contribution is 6.00. The zero-order valence-electron chi connectivity index (χ0n) is 17.2. The molecule has 0 bridgehead atoms. The molecule has 31 heavy (non-hydrogen) atoms. The van der Waals surface area contributed by atoms with E-state index in [0.29, 0.717) is 24.5 Å². The van der Waals surface area contributed by atoms with E-state index in [9.17, 15) is 9.59 Å². The Morgan fingerprint density at radius 3 is 2.71 bits per heavy atom. The van der Waals surface area contributed by atoms with Crippen molar-refractivity contribution in [2.45, 2.75) is 26.5 Å². The summed E-state index contributed by atoms with van der Waals surface area (Å²) >= 11 is 0. The van der Waals surface area contributed by atoms with Crippen molar-refractivity contribution in [3.05, 3.63) is 65.4 Å². The first-order valence-electron chi connectivity index (χ1n) is 9.76. The van der Waals surface area contributed by atoms with Crippen molar-refractivity contribution in [1.82, 2.24) is 14.5 Å². The van der Waals surface area contributed by atoms with Gasteiger partial charge in [-0.1, -0.05) is 12.1 Å². The third-order valence-corrected chi connectivity index (χ3v) is 5.08. The van der Waals surface area contributed by atoms with Crippen molar-refractivity contribution >= 4 is 17.6 Å². The number of hydrogen-bond donors (Lipinski definition) is 1. The number of benzene rings is 1. The summed E-state index contributed by atoms with van der Waals surface area (Å²) in [5.74, 6) is 0.267. The van der Waals surface area contributed by atoms with E-state index in [1.54, 1.807) is 6.07 Å². The number of ketones is 1. The molecule has 160 valence electrons. The summed E-state index contributed by atoms with van der Waals surface area (Å²) < 4.78 is 18.9. The topological polar surface area (TPSA) is 119 Å². The summed E-state index contributed by atoms with van der Waals surface area (Å²) in [6.45, 7) is 4.27. The number of hydrogen-bond acceptors (Lipinski definition) is 8. The molecule has 0 aliphatic carbocycles. The van der Waals surface area contributed by atoms with E-state index in [-0.39, 0.29) is 23.4 Å². The van der Waals surface area contributed by atoms with Gasteiger partial charge in [-0.2, -0.15) is 0 Å². The Kier molecular flexibility index (Phi) is 5.57. The summed E-state index contributed by atoms with van der Waals surface area (Å²) in [4.78, 5) is 32.5. The van der Waals surface area contributed by atoms with E-state index in [1.807, 2.05) is 42.7 Å². The number of anilines is 1. The molecule has 0 saturated carbocycles. The second-order valence-electron chi connectivity index (χ2n) is 7.18. The lowest BCUT2D eigenvalue weighted by molar-refractivity contribution is 0.0469. The van der Waals surface area contributed by atoms with Crippen LogP contribution in [0, 0.1) is 13.8 Å². The van der Waals surface area contributed by atoms with Crippen LogP contribution in [0.1, 0.15) is 32.2 Å². The van der Waals surface area contributed by atoms with E-state index in [2.05, 4.69) is 9.97 Å². The van der Waals surface area contributed by atoms with Gasteiger partial charge >= 0.3 is 5.97 Å². The van der Waals surface area contributed by atoms with Crippen LogP contribution in [-0.4, -0.2) is 45.6 Å². The van der Waals surface area contributed by atoms with Gasteiger partial charge in [-0.25, -0.2) is 14.8 Å². The highest BCUT2D eigenvalue weighted by atomic mass is 16.6. The molecule has 0 spiro atoms. The van der Waals surface area contributed by atoms with Crippen LogP contribution in [0.4, 0.5) is 5.82 Å². The number of nitrogens with zero attached hydrogens (tertiary/aromatic N) is 3. The second kappa shape index (κ2) is 8.47. The number of fused-ring (bicyclic) bond motifs is 1. The molecular weight excluding hydrogens is 400 g/mol. The van der Waals surface area contributed by atoms with Gasteiger partial charge in [-0.3, -0.25) is 4.79 Å². The highest BCUT2D eigenvalue weighted by Crippen LogP contribution is 2.31. The SMILES string of the molecule is Cc1cc(C(=O)COC(=O)c2nccnc2N)c(C)n1C[C@@H]1COc2ccccc2O1. The summed E-state index contributed by atoms with van der Waals surface area (Å²) in [6, 6.07) is 9.30. The molecule has 0 saturated heterocycles. The number of nitrogens with two attached hydrogens (primary N) is 1. The fourth-order valence-corrected chi connectivity index (χ4v) is 3.50. The van der Waals surface area contributed by atoms with Gasteiger partial charge in [0.2, 0.25) is 5.78 Å². The Balaban J connectivity index is 1.42. The average molecular weight is 422 g/mol. The van der Waals surface area contributed by atoms with E-state index in [4.69, 9.17) is 19.9 Å². The van der Waals surface area contributed by atoms with E-state index in [1.165, 1.54) is 12.4 Å². The molecule has 9 nitrogen and oxygen atoms in total. The summed E-state index contributed by atoms with van der Waals surface area (Å²) in [6.07, 6.45) is 2.50. The number of aryl methyl sites for hydroxylation is 1. The molecule has 0 amide bonds. The number of Topliss-reactive ketones (excluding diaryl/α,β-unsaturated/α-hetero) is 1. The van der Waals surface area contributed by atoms with Gasteiger partial charge in [0.05, 0.1) is 6.54 Å². The Bertz CT molecular complexity index is 1140. The van der Waals surface area contributed by atoms with Gasteiger partial charge in [0.15, 0.2) is 35.7 Å². The van der Waals surface area contributed by atoms with E-state index < -0.39 is 12.6 Å². The van der Waals surface area contributed by atoms with Crippen molar-refractivity contribution in [3.8, 4) is 11.5 Å². The Morgan fingerprint density at radius 1 is 1.19 bits per heavy atom. The maximum Gasteiger partial charge on any atom is 0.361 e.